The summed E-state index contributed by atoms with van der Waals surface area (Å²) < 4.78 is 16.0. The van der Waals surface area contributed by atoms with E-state index in [9.17, 15) is 4.79 Å². The van der Waals surface area contributed by atoms with Crippen LogP contribution in [0.4, 0.5) is 0 Å². The van der Waals surface area contributed by atoms with Crippen LogP contribution in [-0.4, -0.2) is 22.7 Å². The SMILES string of the molecule is O=C(COc1ccccc1-c1ccccc1)OCc1nc(-c2ccc(Cl)cc2)no1. The van der Waals surface area contributed by atoms with Gasteiger partial charge in [-0.25, -0.2) is 4.79 Å². The molecule has 0 aliphatic heterocycles. The first kappa shape index (κ1) is 19.7. The van der Waals surface area contributed by atoms with Crippen molar-refractivity contribution in [2.45, 2.75) is 6.61 Å². The van der Waals surface area contributed by atoms with Crippen molar-refractivity contribution in [3.63, 3.8) is 0 Å². The van der Waals surface area contributed by atoms with E-state index in [0.29, 0.717) is 16.6 Å². The summed E-state index contributed by atoms with van der Waals surface area (Å²) in [5.74, 6) is 0.649. The molecule has 4 rings (SSSR count). The maximum absolute atomic E-state index is 12.1. The lowest BCUT2D eigenvalue weighted by atomic mass is 10.1. The van der Waals surface area contributed by atoms with Gasteiger partial charge in [0, 0.05) is 16.1 Å². The second-order valence-corrected chi connectivity index (χ2v) is 6.77. The van der Waals surface area contributed by atoms with Crippen molar-refractivity contribution < 1.29 is 18.8 Å². The summed E-state index contributed by atoms with van der Waals surface area (Å²) in [4.78, 5) is 16.3. The summed E-state index contributed by atoms with van der Waals surface area (Å²) in [6.07, 6.45) is 0. The lowest BCUT2D eigenvalue weighted by Crippen LogP contribution is -2.15. The Morgan fingerprint density at radius 1 is 0.900 bits per heavy atom. The fraction of sp³-hybridized carbons (Fsp3) is 0.0870. The van der Waals surface area contributed by atoms with E-state index in [2.05, 4.69) is 10.1 Å². The van der Waals surface area contributed by atoms with Crippen molar-refractivity contribution in [3.05, 3.63) is 89.8 Å². The van der Waals surface area contributed by atoms with Crippen LogP contribution in [0.2, 0.25) is 5.02 Å². The Labute approximate surface area is 178 Å². The molecule has 1 heterocycles. The van der Waals surface area contributed by atoms with E-state index in [0.717, 1.165) is 16.7 Å². The zero-order valence-electron chi connectivity index (χ0n) is 15.8. The maximum atomic E-state index is 12.1. The Bertz CT molecular complexity index is 1130. The van der Waals surface area contributed by atoms with E-state index in [1.807, 2.05) is 54.6 Å². The van der Waals surface area contributed by atoms with E-state index >= 15 is 0 Å². The number of rotatable bonds is 7. The van der Waals surface area contributed by atoms with Gasteiger partial charge in [-0.1, -0.05) is 65.3 Å². The number of esters is 1. The third kappa shape index (κ3) is 4.85. The van der Waals surface area contributed by atoms with Gasteiger partial charge in [-0.3, -0.25) is 0 Å². The lowest BCUT2D eigenvalue weighted by Gasteiger charge is -2.11. The molecule has 0 saturated carbocycles. The largest absolute Gasteiger partial charge is 0.481 e. The number of nitrogens with zero attached hydrogens (tertiary/aromatic N) is 2. The fourth-order valence-electron chi connectivity index (χ4n) is 2.80. The highest BCUT2D eigenvalue weighted by Crippen LogP contribution is 2.29. The molecule has 1 aromatic heterocycles. The van der Waals surface area contributed by atoms with Gasteiger partial charge in [0.15, 0.2) is 13.2 Å². The molecule has 0 unspecified atom stereocenters. The zero-order valence-corrected chi connectivity index (χ0v) is 16.6. The molecule has 4 aromatic rings. The van der Waals surface area contributed by atoms with Crippen LogP contribution in [0.1, 0.15) is 5.89 Å². The summed E-state index contributed by atoms with van der Waals surface area (Å²) >= 11 is 5.87. The lowest BCUT2D eigenvalue weighted by molar-refractivity contribution is -0.148. The topological polar surface area (TPSA) is 74.5 Å². The van der Waals surface area contributed by atoms with E-state index in [1.165, 1.54) is 0 Å². The Kier molecular flexibility index (Phi) is 6.06. The summed E-state index contributed by atoms with van der Waals surface area (Å²) in [5.41, 5.74) is 2.65. The summed E-state index contributed by atoms with van der Waals surface area (Å²) in [7, 11) is 0. The van der Waals surface area contributed by atoms with Crippen LogP contribution in [0.15, 0.2) is 83.4 Å². The van der Waals surface area contributed by atoms with Gasteiger partial charge in [-0.15, -0.1) is 0 Å². The molecule has 0 aliphatic rings. The van der Waals surface area contributed by atoms with Crippen molar-refractivity contribution >= 4 is 17.6 Å². The van der Waals surface area contributed by atoms with Crippen molar-refractivity contribution in [2.75, 3.05) is 6.61 Å². The van der Waals surface area contributed by atoms with Gasteiger partial charge in [0.25, 0.3) is 5.89 Å². The molecule has 0 fully saturated rings. The van der Waals surface area contributed by atoms with Gasteiger partial charge in [0.1, 0.15) is 5.75 Å². The number of para-hydroxylation sites is 1. The van der Waals surface area contributed by atoms with E-state index in [-0.39, 0.29) is 19.1 Å². The number of benzene rings is 3. The van der Waals surface area contributed by atoms with E-state index in [4.69, 9.17) is 25.6 Å². The molecule has 0 saturated heterocycles. The molecule has 0 N–H and O–H groups in total. The summed E-state index contributed by atoms with van der Waals surface area (Å²) in [6.45, 7) is -0.370. The summed E-state index contributed by atoms with van der Waals surface area (Å²) in [6, 6.07) is 24.3. The molecular formula is C23H17ClN2O4. The van der Waals surface area contributed by atoms with Gasteiger partial charge in [0.2, 0.25) is 5.82 Å². The average molecular weight is 421 g/mol. The second kappa shape index (κ2) is 9.24. The molecule has 150 valence electrons. The van der Waals surface area contributed by atoms with Gasteiger partial charge in [-0.05, 0) is 35.9 Å². The van der Waals surface area contributed by atoms with Crippen LogP contribution in [0, 0.1) is 0 Å². The Morgan fingerprint density at radius 3 is 2.43 bits per heavy atom. The quantitative estimate of drug-likeness (QED) is 0.383. The van der Waals surface area contributed by atoms with Crippen LogP contribution in [-0.2, 0) is 16.1 Å². The van der Waals surface area contributed by atoms with Crippen molar-refractivity contribution in [1.82, 2.24) is 10.1 Å². The van der Waals surface area contributed by atoms with Gasteiger partial charge >= 0.3 is 5.97 Å². The molecule has 0 aliphatic carbocycles. The highest BCUT2D eigenvalue weighted by molar-refractivity contribution is 6.30. The van der Waals surface area contributed by atoms with Gasteiger partial charge in [-0.2, -0.15) is 4.98 Å². The minimum absolute atomic E-state index is 0.136. The molecular weight excluding hydrogens is 404 g/mol. The zero-order chi connectivity index (χ0) is 20.8. The number of hydrogen-bond donors (Lipinski definition) is 0. The Morgan fingerprint density at radius 2 is 1.63 bits per heavy atom. The third-order valence-corrected chi connectivity index (χ3v) is 4.50. The van der Waals surface area contributed by atoms with E-state index < -0.39 is 5.97 Å². The molecule has 30 heavy (non-hydrogen) atoms. The van der Waals surface area contributed by atoms with Crippen molar-refractivity contribution in [3.8, 4) is 28.3 Å². The molecule has 0 amide bonds. The van der Waals surface area contributed by atoms with Crippen LogP contribution >= 0.6 is 11.6 Å². The molecule has 0 radical (unpaired) electrons. The smallest absolute Gasteiger partial charge is 0.344 e. The second-order valence-electron chi connectivity index (χ2n) is 6.33. The predicted octanol–water partition coefficient (Wildman–Crippen LogP) is 5.18. The number of halogens is 1. The average Bonchev–Trinajstić information content (AvgIpc) is 3.27. The van der Waals surface area contributed by atoms with Crippen molar-refractivity contribution in [2.24, 2.45) is 0 Å². The third-order valence-electron chi connectivity index (χ3n) is 4.24. The number of ether oxygens (including phenoxy) is 2. The predicted molar refractivity (Wildman–Crippen MR) is 112 cm³/mol. The molecule has 0 bridgehead atoms. The molecule has 0 atom stereocenters. The number of carbonyl (C=O) groups is 1. The minimum Gasteiger partial charge on any atom is -0.481 e. The van der Waals surface area contributed by atoms with Crippen LogP contribution in [0.3, 0.4) is 0 Å². The Hall–Kier alpha value is -3.64. The highest BCUT2D eigenvalue weighted by Gasteiger charge is 2.13. The number of hydrogen-bond acceptors (Lipinski definition) is 6. The standard InChI is InChI=1S/C23H17ClN2O4/c24-18-12-10-17(11-13-18)23-25-21(30-26-23)14-29-22(27)15-28-20-9-5-4-8-19(20)16-6-2-1-3-7-16/h1-13H,14-15H2. The van der Waals surface area contributed by atoms with Crippen molar-refractivity contribution in [1.29, 1.82) is 0 Å². The monoisotopic (exact) mass is 420 g/mol. The fourth-order valence-corrected chi connectivity index (χ4v) is 2.92. The van der Waals surface area contributed by atoms with Crippen LogP contribution in [0.25, 0.3) is 22.5 Å². The first-order valence-corrected chi connectivity index (χ1v) is 9.58. The molecule has 7 heteroatoms. The normalized spacial score (nSPS) is 10.6. The molecule has 3 aromatic carbocycles. The maximum Gasteiger partial charge on any atom is 0.344 e. The van der Waals surface area contributed by atoms with Gasteiger partial charge < -0.3 is 14.0 Å². The first-order valence-electron chi connectivity index (χ1n) is 9.20. The van der Waals surface area contributed by atoms with Crippen LogP contribution in [0.5, 0.6) is 5.75 Å². The Balaban J connectivity index is 1.33. The van der Waals surface area contributed by atoms with Gasteiger partial charge in [0.05, 0.1) is 0 Å². The highest BCUT2D eigenvalue weighted by atomic mass is 35.5. The summed E-state index contributed by atoms with van der Waals surface area (Å²) in [5, 5.41) is 4.50. The number of carbonyl (C=O) groups excluding carboxylic acids is 1. The first-order chi connectivity index (χ1) is 14.7. The molecule has 6 nitrogen and oxygen atoms in total. The minimum atomic E-state index is -0.538. The van der Waals surface area contributed by atoms with E-state index in [1.54, 1.807) is 24.3 Å². The molecule has 0 spiro atoms. The van der Waals surface area contributed by atoms with Crippen LogP contribution < -0.4 is 4.74 Å². The number of aromatic nitrogens is 2.